The second kappa shape index (κ2) is 11.7. The zero-order valence-electron chi connectivity index (χ0n) is 16.5. The van der Waals surface area contributed by atoms with Crippen LogP contribution < -0.4 is 0 Å². The van der Waals surface area contributed by atoms with Gasteiger partial charge in [0, 0.05) is 0 Å². The predicted molar refractivity (Wildman–Crippen MR) is 94.8 cm³/mol. The Balaban J connectivity index is 3.66. The highest BCUT2D eigenvalue weighted by Gasteiger charge is 2.34. The number of hydrogen-bond acceptors (Lipinski definition) is 12. The number of aromatic nitrogens is 3. The summed E-state index contributed by atoms with van der Waals surface area (Å²) in [7, 11) is 0. The second-order valence-electron chi connectivity index (χ2n) is 5.35. The Labute approximate surface area is 172 Å². The van der Waals surface area contributed by atoms with E-state index in [-0.39, 0.29) is 19.8 Å². The molecule has 1 rings (SSSR count). The van der Waals surface area contributed by atoms with Gasteiger partial charge in [0.15, 0.2) is 17.5 Å². The fourth-order valence-corrected chi connectivity index (χ4v) is 2.14. The lowest BCUT2D eigenvalue weighted by molar-refractivity contribution is -0.144. The van der Waals surface area contributed by atoms with Crippen LogP contribution in [0.15, 0.2) is 0 Å². The Morgan fingerprint density at radius 2 is 0.900 bits per heavy atom. The summed E-state index contributed by atoms with van der Waals surface area (Å²) in [5.41, 5.74) is 0. The summed E-state index contributed by atoms with van der Waals surface area (Å²) in [6, 6.07) is 4.96. The molecule has 0 N–H and O–H groups in total. The summed E-state index contributed by atoms with van der Waals surface area (Å²) in [6.45, 7) is 4.47. The molecule has 12 nitrogen and oxygen atoms in total. The maximum atomic E-state index is 12.1. The highest BCUT2D eigenvalue weighted by molar-refractivity contribution is 5.82. The van der Waals surface area contributed by atoms with Crippen LogP contribution in [0.4, 0.5) is 0 Å². The minimum atomic E-state index is -1.64. The largest absolute Gasteiger partial charge is 0.465 e. The van der Waals surface area contributed by atoms with Crippen LogP contribution in [0.1, 0.15) is 56.0 Å². The van der Waals surface area contributed by atoms with Gasteiger partial charge in [0.05, 0.1) is 38.0 Å². The fraction of sp³-hybridized carbons (Fsp3) is 0.500. The molecule has 1 aromatic rings. The molecule has 0 amide bonds. The van der Waals surface area contributed by atoms with E-state index in [1.165, 1.54) is 20.8 Å². The maximum absolute atomic E-state index is 12.1. The van der Waals surface area contributed by atoms with Gasteiger partial charge in [-0.3, -0.25) is 14.4 Å². The van der Waals surface area contributed by atoms with Gasteiger partial charge in [0.1, 0.15) is 0 Å². The molecule has 12 heteroatoms. The van der Waals surface area contributed by atoms with Gasteiger partial charge >= 0.3 is 17.9 Å². The van der Waals surface area contributed by atoms with Crippen molar-refractivity contribution in [1.82, 2.24) is 15.0 Å². The maximum Gasteiger partial charge on any atom is 0.331 e. The first-order chi connectivity index (χ1) is 14.4. The van der Waals surface area contributed by atoms with Crippen LogP contribution in [-0.2, 0) is 28.6 Å². The predicted octanol–water partition coefficient (Wildman–Crippen LogP) is 0.382. The van der Waals surface area contributed by atoms with Crippen LogP contribution in [-0.4, -0.2) is 52.7 Å². The van der Waals surface area contributed by atoms with Gasteiger partial charge in [-0.1, -0.05) is 0 Å². The van der Waals surface area contributed by atoms with Crippen LogP contribution in [0.25, 0.3) is 0 Å². The summed E-state index contributed by atoms with van der Waals surface area (Å²) < 4.78 is 14.4. The third-order valence-electron chi connectivity index (χ3n) is 3.42. The van der Waals surface area contributed by atoms with E-state index in [4.69, 9.17) is 14.2 Å². The van der Waals surface area contributed by atoms with Crippen LogP contribution in [0, 0.1) is 34.0 Å². The van der Waals surface area contributed by atoms with Gasteiger partial charge in [-0.2, -0.15) is 15.8 Å². The highest BCUT2D eigenvalue weighted by atomic mass is 16.5. The third-order valence-corrected chi connectivity index (χ3v) is 3.42. The molecule has 0 saturated carbocycles. The monoisotopic (exact) mass is 414 g/mol. The van der Waals surface area contributed by atoms with Crippen molar-refractivity contribution in [2.24, 2.45) is 0 Å². The molecule has 0 aromatic carbocycles. The average Bonchev–Trinajstić information content (AvgIpc) is 2.70. The third kappa shape index (κ3) is 5.69. The first-order valence-electron chi connectivity index (χ1n) is 8.82. The number of esters is 3. The average molecular weight is 414 g/mol. The summed E-state index contributed by atoms with van der Waals surface area (Å²) >= 11 is 0. The Hall–Kier alpha value is -4.11. The van der Waals surface area contributed by atoms with Crippen LogP contribution >= 0.6 is 0 Å². The van der Waals surface area contributed by atoms with E-state index in [1.54, 1.807) is 18.2 Å². The fourth-order valence-electron chi connectivity index (χ4n) is 2.14. The molecule has 0 saturated heterocycles. The van der Waals surface area contributed by atoms with E-state index in [0.29, 0.717) is 0 Å². The summed E-state index contributed by atoms with van der Waals surface area (Å²) in [5, 5.41) is 28.1. The van der Waals surface area contributed by atoms with Crippen molar-refractivity contribution in [2.75, 3.05) is 19.8 Å². The number of ether oxygens (including phenoxy) is 3. The van der Waals surface area contributed by atoms with Gasteiger partial charge in [-0.15, -0.1) is 0 Å². The normalized spacial score (nSPS) is 12.8. The lowest BCUT2D eigenvalue weighted by atomic mass is 10.1. The van der Waals surface area contributed by atoms with Gasteiger partial charge < -0.3 is 14.2 Å². The van der Waals surface area contributed by atoms with Gasteiger partial charge in [-0.05, 0) is 20.8 Å². The van der Waals surface area contributed by atoms with Crippen molar-refractivity contribution < 1.29 is 28.6 Å². The molecule has 0 radical (unpaired) electrons. The lowest BCUT2D eigenvalue weighted by Gasteiger charge is -2.14. The molecule has 30 heavy (non-hydrogen) atoms. The quantitative estimate of drug-likeness (QED) is 0.399. The zero-order chi connectivity index (χ0) is 22.7. The van der Waals surface area contributed by atoms with Crippen LogP contribution in [0.2, 0.25) is 0 Å². The molecule has 0 atom stereocenters. The molecule has 1 heterocycles. The number of hydrogen-bond donors (Lipinski definition) is 0. The van der Waals surface area contributed by atoms with Gasteiger partial charge in [0.25, 0.3) is 0 Å². The lowest BCUT2D eigenvalue weighted by Crippen LogP contribution is -2.25. The molecular weight excluding hydrogens is 396 g/mol. The first-order valence-corrected chi connectivity index (χ1v) is 8.82. The molecule has 0 unspecified atom stereocenters. The van der Waals surface area contributed by atoms with E-state index >= 15 is 0 Å². The molecule has 0 fully saturated rings. The van der Waals surface area contributed by atoms with Crippen molar-refractivity contribution in [3.63, 3.8) is 0 Å². The Bertz CT molecular complexity index is 797. The van der Waals surface area contributed by atoms with E-state index in [1.807, 2.05) is 0 Å². The number of carbonyl (C=O) groups excluding carboxylic acids is 3. The SMILES string of the molecule is CCOC(=O)C(C#N)c1nc(C(C#N)C(=O)OCC)nc(C(C#N)C(=O)OCC)n1. The van der Waals surface area contributed by atoms with Crippen LogP contribution in [0.5, 0.6) is 0 Å². The number of nitriles is 3. The Morgan fingerprint density at radius 3 is 1.07 bits per heavy atom. The van der Waals surface area contributed by atoms with Gasteiger partial charge in [0.2, 0.25) is 17.8 Å². The van der Waals surface area contributed by atoms with Crippen molar-refractivity contribution >= 4 is 17.9 Å². The molecule has 0 bridgehead atoms. The molecular formula is C18H18N6O6. The Kier molecular flexibility index (Phi) is 9.31. The topological polar surface area (TPSA) is 189 Å². The molecule has 1 aromatic heterocycles. The molecule has 0 aliphatic rings. The summed E-state index contributed by atoms with van der Waals surface area (Å²) in [4.78, 5) is 47.9. The summed E-state index contributed by atoms with van der Waals surface area (Å²) in [5.74, 6) is -9.34. The minimum Gasteiger partial charge on any atom is -0.465 e. The molecule has 0 aliphatic carbocycles. The van der Waals surface area contributed by atoms with Crippen molar-refractivity contribution in [1.29, 1.82) is 15.8 Å². The van der Waals surface area contributed by atoms with Crippen molar-refractivity contribution in [3.05, 3.63) is 17.5 Å². The number of nitrogens with zero attached hydrogens (tertiary/aromatic N) is 6. The first kappa shape index (κ1) is 23.9. The number of carbonyl (C=O) groups is 3. The van der Waals surface area contributed by atoms with Gasteiger partial charge in [-0.25, -0.2) is 15.0 Å². The van der Waals surface area contributed by atoms with E-state index in [0.717, 1.165) is 0 Å². The molecule has 0 aliphatic heterocycles. The standard InChI is InChI=1S/C18H18N6O6/c1-4-28-16(25)10(7-19)13-22-14(11(8-20)17(26)29-5-2)24-15(23-13)12(9-21)18(27)30-6-3/h10-12H,4-6H2,1-3H3. The highest BCUT2D eigenvalue weighted by Crippen LogP contribution is 2.21. The summed E-state index contributed by atoms with van der Waals surface area (Å²) in [6.07, 6.45) is 0. The van der Waals surface area contributed by atoms with Crippen LogP contribution in [0.3, 0.4) is 0 Å². The smallest absolute Gasteiger partial charge is 0.331 e. The molecule has 0 spiro atoms. The second-order valence-corrected chi connectivity index (χ2v) is 5.35. The Morgan fingerprint density at radius 1 is 0.667 bits per heavy atom. The van der Waals surface area contributed by atoms with E-state index < -0.39 is 53.1 Å². The van der Waals surface area contributed by atoms with E-state index in [2.05, 4.69) is 15.0 Å². The van der Waals surface area contributed by atoms with E-state index in [9.17, 15) is 30.2 Å². The van der Waals surface area contributed by atoms with Crippen molar-refractivity contribution in [2.45, 2.75) is 38.5 Å². The number of rotatable bonds is 9. The zero-order valence-corrected chi connectivity index (χ0v) is 16.5. The minimum absolute atomic E-state index is 0.0326. The van der Waals surface area contributed by atoms with Crippen molar-refractivity contribution in [3.8, 4) is 18.2 Å². The molecule has 156 valence electrons.